The number of rotatable bonds is 1. The zero-order valence-corrected chi connectivity index (χ0v) is 4.82. The van der Waals surface area contributed by atoms with Gasteiger partial charge in [0.25, 0.3) is 0 Å². The summed E-state index contributed by atoms with van der Waals surface area (Å²) in [6, 6.07) is 0. The van der Waals surface area contributed by atoms with Gasteiger partial charge in [-0.15, -0.1) is 0 Å². The lowest BCUT2D eigenvalue weighted by Crippen LogP contribution is -2.10. The van der Waals surface area contributed by atoms with Crippen molar-refractivity contribution in [3.05, 3.63) is 0 Å². The van der Waals surface area contributed by atoms with Gasteiger partial charge in [0.15, 0.2) is 0 Å². The standard InChI is InChI=1S/C2H5NO2.Al.H2O/c3-1-2(4)5;;/h1,3H2,(H,4,5);;1H2/q;+1;/p-1. The summed E-state index contributed by atoms with van der Waals surface area (Å²) in [4.78, 5) is 9.24. The summed E-state index contributed by atoms with van der Waals surface area (Å²) >= 11 is 1.42. The molecule has 0 atom stereocenters. The Morgan fingerprint density at radius 3 is 1.86 bits per heavy atom. The average molecular weight is 119 g/mol. The Morgan fingerprint density at radius 1 is 1.71 bits per heavy atom. The van der Waals surface area contributed by atoms with Crippen LogP contribution in [0.15, 0.2) is 0 Å². The van der Waals surface area contributed by atoms with Gasteiger partial charge in [-0.25, -0.2) is 0 Å². The van der Waals surface area contributed by atoms with E-state index < -0.39 is 5.97 Å². The van der Waals surface area contributed by atoms with Crippen LogP contribution in [0.3, 0.4) is 0 Å². The van der Waals surface area contributed by atoms with Gasteiger partial charge >= 0.3 is 22.6 Å². The number of hydrogen-bond donors (Lipinski definition) is 3. The summed E-state index contributed by atoms with van der Waals surface area (Å²) in [7, 11) is 0. The second-order valence-corrected chi connectivity index (χ2v) is 0.598. The molecule has 0 heterocycles. The Hall–Kier alpha value is -0.0775. The van der Waals surface area contributed by atoms with Gasteiger partial charge in [-0.1, -0.05) is 0 Å². The predicted molar refractivity (Wildman–Crippen MR) is 24.7 cm³/mol. The van der Waals surface area contributed by atoms with Crippen molar-refractivity contribution in [3.8, 4) is 0 Å². The summed E-state index contributed by atoms with van der Waals surface area (Å²) in [6.07, 6.45) is 0. The fourth-order valence-corrected chi connectivity index (χ4v) is 0. The van der Waals surface area contributed by atoms with Crippen LogP contribution in [-0.4, -0.2) is 38.4 Å². The van der Waals surface area contributed by atoms with Crippen molar-refractivity contribution in [1.82, 2.24) is 0 Å². The number of carboxylic acid groups (broad SMARTS) is 1. The molecule has 0 amide bonds. The molecule has 0 aromatic rings. The van der Waals surface area contributed by atoms with Crippen LogP contribution in [0.2, 0.25) is 0 Å². The van der Waals surface area contributed by atoms with Crippen LogP contribution >= 0.6 is 0 Å². The summed E-state index contributed by atoms with van der Waals surface area (Å²) in [5, 5.41) is 7.60. The Balaban J connectivity index is 0. The highest BCUT2D eigenvalue weighted by Gasteiger charge is 1.81. The molecule has 4 N–H and O–H groups in total. The lowest BCUT2D eigenvalue weighted by molar-refractivity contribution is -0.135. The van der Waals surface area contributed by atoms with Crippen molar-refractivity contribution in [1.29, 1.82) is 0 Å². The molecule has 0 aliphatic heterocycles. The van der Waals surface area contributed by atoms with Crippen LogP contribution in [0, 0.1) is 0 Å². The summed E-state index contributed by atoms with van der Waals surface area (Å²) < 4.78 is 6.92. The molecule has 0 aliphatic rings. The molecule has 0 bridgehead atoms. The molecular formula is C2H6AlNO3. The van der Waals surface area contributed by atoms with E-state index in [0.29, 0.717) is 0 Å². The lowest BCUT2D eigenvalue weighted by atomic mass is 10.7. The molecule has 0 aromatic carbocycles. The van der Waals surface area contributed by atoms with E-state index in [4.69, 9.17) is 9.26 Å². The van der Waals surface area contributed by atoms with Crippen LogP contribution in [-0.2, 0) is 4.79 Å². The minimum Gasteiger partial charge on any atom is -0.529 e. The largest absolute Gasteiger partial charge is 0.529 e. The van der Waals surface area contributed by atoms with Gasteiger partial charge in [0, 0.05) is 0 Å². The third-order valence-corrected chi connectivity index (χ3v) is 0.175. The fraction of sp³-hybridized carbons (Fsp3) is 0.500. The third kappa shape index (κ3) is 24.7. The molecule has 0 rings (SSSR count). The number of carboxylic acids is 1. The van der Waals surface area contributed by atoms with Crippen molar-refractivity contribution in [2.24, 2.45) is 5.73 Å². The van der Waals surface area contributed by atoms with Crippen molar-refractivity contribution < 1.29 is 14.1 Å². The van der Waals surface area contributed by atoms with E-state index >= 15 is 0 Å². The van der Waals surface area contributed by atoms with Gasteiger partial charge in [-0.2, -0.15) is 0 Å². The number of aliphatic carboxylic acids is 1. The van der Waals surface area contributed by atoms with Gasteiger partial charge in [0.2, 0.25) is 0 Å². The van der Waals surface area contributed by atoms with Gasteiger partial charge in [-0.3, -0.25) is 4.79 Å². The predicted octanol–water partition coefficient (Wildman–Crippen LogP) is -1.91. The molecule has 0 saturated heterocycles. The Labute approximate surface area is 49.7 Å². The molecule has 5 heteroatoms. The van der Waals surface area contributed by atoms with Gasteiger partial charge < -0.3 is 15.0 Å². The normalized spacial score (nSPS) is 6.00. The monoisotopic (exact) mass is 119 g/mol. The first-order chi connectivity index (χ1) is 3.27. The zero-order valence-electron chi connectivity index (χ0n) is 3.66. The molecule has 0 fully saturated rings. The summed E-state index contributed by atoms with van der Waals surface area (Å²) in [6.45, 7) is -0.278. The second kappa shape index (κ2) is 9.33. The van der Waals surface area contributed by atoms with Crippen LogP contribution < -0.4 is 5.73 Å². The first-order valence-corrected chi connectivity index (χ1v) is 1.96. The molecule has 0 aliphatic carbocycles. The molecule has 0 aromatic heterocycles. The SMILES string of the molecule is NCC(=O)O.[OH][Al]. The summed E-state index contributed by atoms with van der Waals surface area (Å²) in [5.74, 6) is -0.968. The highest BCUT2D eigenvalue weighted by Crippen LogP contribution is 1.43. The van der Waals surface area contributed by atoms with Gasteiger partial charge in [0.1, 0.15) is 0 Å². The van der Waals surface area contributed by atoms with Gasteiger partial charge in [-0.05, 0) is 0 Å². The molecule has 0 unspecified atom stereocenters. The first kappa shape index (κ1) is 10.0. The third-order valence-electron chi connectivity index (χ3n) is 0.175. The maximum Gasteiger partial charge on any atom is 0.363 e. The number of hydrogen-bond acceptors (Lipinski definition) is 3. The molecule has 7 heavy (non-hydrogen) atoms. The van der Waals surface area contributed by atoms with E-state index in [1.807, 2.05) is 0 Å². The van der Waals surface area contributed by atoms with E-state index in [9.17, 15) is 4.79 Å². The summed E-state index contributed by atoms with van der Waals surface area (Å²) in [5.41, 5.74) is 4.57. The van der Waals surface area contributed by atoms with Crippen molar-refractivity contribution >= 4 is 22.6 Å². The van der Waals surface area contributed by atoms with E-state index in [1.54, 1.807) is 0 Å². The van der Waals surface area contributed by atoms with Crippen LogP contribution in [0.25, 0.3) is 0 Å². The molecule has 2 radical (unpaired) electrons. The lowest BCUT2D eigenvalue weighted by Gasteiger charge is -1.73. The van der Waals surface area contributed by atoms with E-state index in [2.05, 4.69) is 5.73 Å². The highest BCUT2D eigenvalue weighted by atomic mass is 27.1. The minimum absolute atomic E-state index is 0.278. The quantitative estimate of drug-likeness (QED) is 0.352. The van der Waals surface area contributed by atoms with Crippen LogP contribution in [0.1, 0.15) is 0 Å². The average Bonchev–Trinajstić information content (AvgIpc) is 1.73. The van der Waals surface area contributed by atoms with Crippen molar-refractivity contribution in [3.63, 3.8) is 0 Å². The smallest absolute Gasteiger partial charge is 0.363 e. The maximum absolute atomic E-state index is 9.24. The number of carbonyl (C=O) groups is 1. The first-order valence-electron chi connectivity index (χ1n) is 1.45. The van der Waals surface area contributed by atoms with Crippen molar-refractivity contribution in [2.45, 2.75) is 0 Å². The topological polar surface area (TPSA) is 83.6 Å². The van der Waals surface area contributed by atoms with E-state index in [-0.39, 0.29) is 6.54 Å². The number of nitrogens with two attached hydrogens (primary N) is 1. The Morgan fingerprint density at radius 2 is 1.86 bits per heavy atom. The molecule has 0 saturated carbocycles. The van der Waals surface area contributed by atoms with E-state index in [0.717, 1.165) is 0 Å². The second-order valence-electron chi connectivity index (χ2n) is 0.598. The fourth-order valence-electron chi connectivity index (χ4n) is 0. The Bertz CT molecular complexity index is 48.2. The minimum atomic E-state index is -0.968. The zero-order chi connectivity index (χ0) is 6.28. The van der Waals surface area contributed by atoms with Gasteiger partial charge in [0.05, 0.1) is 6.54 Å². The van der Waals surface area contributed by atoms with E-state index in [1.165, 1.54) is 16.6 Å². The highest BCUT2D eigenvalue weighted by molar-refractivity contribution is 5.95. The van der Waals surface area contributed by atoms with Crippen LogP contribution in [0.4, 0.5) is 0 Å². The van der Waals surface area contributed by atoms with Crippen molar-refractivity contribution in [2.75, 3.05) is 6.54 Å². The molecule has 4 nitrogen and oxygen atoms in total. The molecular weight excluding hydrogens is 113 g/mol. The van der Waals surface area contributed by atoms with Crippen LogP contribution in [0.5, 0.6) is 0 Å². The Kier molecular flexibility index (Phi) is 13.4. The molecule has 0 spiro atoms. The molecule has 40 valence electrons. The maximum atomic E-state index is 9.24.